The third-order valence-corrected chi connectivity index (χ3v) is 12.5. The average molecular weight is 572 g/mol. The van der Waals surface area contributed by atoms with Crippen LogP contribution in [0.5, 0.6) is 0 Å². The minimum Gasteiger partial charge on any atom is -0.402 e. The maximum Gasteiger partial charge on any atom is 0.280 e. The van der Waals surface area contributed by atoms with E-state index in [2.05, 4.69) is 20.8 Å². The highest BCUT2D eigenvalue weighted by Crippen LogP contribution is 2.41. The van der Waals surface area contributed by atoms with Gasteiger partial charge in [-0.1, -0.05) is 81.4 Å². The van der Waals surface area contributed by atoms with Crippen LogP contribution < -0.4 is 10.4 Å². The van der Waals surface area contributed by atoms with Crippen molar-refractivity contribution in [2.24, 2.45) is 0 Å². The molecule has 1 aliphatic heterocycles. The molecule has 1 unspecified atom stereocenters. The van der Waals surface area contributed by atoms with Gasteiger partial charge in [-0.15, -0.1) is 0 Å². The molecule has 214 valence electrons. The number of aliphatic hydroxyl groups is 1. The van der Waals surface area contributed by atoms with Crippen LogP contribution in [0, 0.1) is 17.5 Å². The fourth-order valence-electron chi connectivity index (χ4n) is 5.74. The minimum absolute atomic E-state index is 0.00260. The summed E-state index contributed by atoms with van der Waals surface area (Å²) in [5.74, 6) is -5.12. The molecule has 1 amide bonds. The number of morpholine rings is 1. The maximum atomic E-state index is 14.6. The first-order valence-electron chi connectivity index (χ1n) is 13.3. The summed E-state index contributed by atoms with van der Waals surface area (Å²) in [5.41, 5.74) is -0.958. The SMILES string of the molecule is C[C@@H](O[Si](c1ccccc1)(c1ccccc1)C(C)(C)C)[C@@H](c1cc(F)c(F)c(F)c1)N1CC(C)(C)OC(O)C1=O. The molecular weight excluding hydrogens is 535 g/mol. The summed E-state index contributed by atoms with van der Waals surface area (Å²) in [6.45, 7) is 11.4. The van der Waals surface area contributed by atoms with Crippen LogP contribution in [-0.4, -0.2) is 48.8 Å². The smallest absolute Gasteiger partial charge is 0.280 e. The van der Waals surface area contributed by atoms with Crippen molar-refractivity contribution >= 4 is 24.6 Å². The molecule has 0 radical (unpaired) electrons. The van der Waals surface area contributed by atoms with E-state index in [0.717, 1.165) is 22.5 Å². The molecule has 3 aromatic rings. The summed E-state index contributed by atoms with van der Waals surface area (Å²) in [6, 6.07) is 20.3. The highest BCUT2D eigenvalue weighted by Gasteiger charge is 2.53. The monoisotopic (exact) mass is 571 g/mol. The average Bonchev–Trinajstić information content (AvgIpc) is 2.88. The molecular formula is C31H36F3NO4Si. The quantitative estimate of drug-likeness (QED) is 0.318. The topological polar surface area (TPSA) is 59.0 Å². The second-order valence-electron chi connectivity index (χ2n) is 11.9. The zero-order chi connectivity index (χ0) is 29.5. The molecule has 0 bridgehead atoms. The van der Waals surface area contributed by atoms with Crippen molar-refractivity contribution in [3.8, 4) is 0 Å². The van der Waals surface area contributed by atoms with E-state index in [4.69, 9.17) is 9.16 Å². The van der Waals surface area contributed by atoms with E-state index >= 15 is 0 Å². The number of aliphatic hydroxyl groups excluding tert-OH is 1. The molecule has 5 nitrogen and oxygen atoms in total. The number of ether oxygens (including phenoxy) is 1. The Morgan fingerprint density at radius 3 is 1.90 bits per heavy atom. The number of halogens is 3. The van der Waals surface area contributed by atoms with E-state index in [0.29, 0.717) is 0 Å². The first-order chi connectivity index (χ1) is 18.7. The van der Waals surface area contributed by atoms with Crippen molar-refractivity contribution in [3.05, 3.63) is 95.8 Å². The maximum absolute atomic E-state index is 14.6. The van der Waals surface area contributed by atoms with Crippen LogP contribution in [0.15, 0.2) is 72.8 Å². The van der Waals surface area contributed by atoms with Crippen molar-refractivity contribution in [2.75, 3.05) is 6.54 Å². The van der Waals surface area contributed by atoms with Gasteiger partial charge in [-0.3, -0.25) is 4.79 Å². The summed E-state index contributed by atoms with van der Waals surface area (Å²) in [7, 11) is -3.18. The Labute approximate surface area is 234 Å². The van der Waals surface area contributed by atoms with Crippen LogP contribution in [0.2, 0.25) is 5.04 Å². The predicted molar refractivity (Wildman–Crippen MR) is 150 cm³/mol. The van der Waals surface area contributed by atoms with Crippen molar-refractivity contribution in [3.63, 3.8) is 0 Å². The Morgan fingerprint density at radius 2 is 1.45 bits per heavy atom. The fourth-order valence-corrected chi connectivity index (χ4v) is 10.4. The van der Waals surface area contributed by atoms with E-state index in [1.54, 1.807) is 20.8 Å². The van der Waals surface area contributed by atoms with Gasteiger partial charge < -0.3 is 19.2 Å². The van der Waals surface area contributed by atoms with E-state index < -0.39 is 60.8 Å². The Bertz CT molecular complexity index is 1290. The molecule has 1 N–H and O–H groups in total. The van der Waals surface area contributed by atoms with Gasteiger partial charge in [-0.25, -0.2) is 13.2 Å². The lowest BCUT2D eigenvalue weighted by Crippen LogP contribution is -2.68. The summed E-state index contributed by atoms with van der Waals surface area (Å²) in [5, 5.41) is 12.0. The standard InChI is InChI=1S/C31H36F3NO4Si/c1-20(39-40(30(2,3)4,22-13-9-7-10-14-22)23-15-11-8-12-16-23)27(21-17-24(32)26(34)25(33)18-21)35-19-31(5,6)38-29(37)28(35)36/h7-18,20,27,29,37H,19H2,1-6H3/t20-,27+,29?/m1/s1. The van der Waals surface area contributed by atoms with Crippen molar-refractivity contribution in [1.29, 1.82) is 0 Å². The largest absolute Gasteiger partial charge is 0.402 e. The second kappa shape index (κ2) is 11.1. The molecule has 3 atom stereocenters. The first kappa shape index (κ1) is 30.0. The fraction of sp³-hybridized carbons (Fsp3) is 0.387. The lowest BCUT2D eigenvalue weighted by atomic mass is 9.96. The van der Waals surface area contributed by atoms with Gasteiger partial charge in [0.25, 0.3) is 14.2 Å². The third-order valence-electron chi connectivity index (χ3n) is 7.38. The lowest BCUT2D eigenvalue weighted by molar-refractivity contribution is -0.226. The summed E-state index contributed by atoms with van der Waals surface area (Å²) in [6.07, 6.45) is -2.62. The van der Waals surface area contributed by atoms with Crippen molar-refractivity contribution in [2.45, 2.75) is 70.6 Å². The Morgan fingerprint density at radius 1 is 0.975 bits per heavy atom. The van der Waals surface area contributed by atoms with E-state index in [9.17, 15) is 23.1 Å². The summed E-state index contributed by atoms with van der Waals surface area (Å²) >= 11 is 0. The zero-order valence-corrected chi connectivity index (χ0v) is 24.6. The number of carbonyl (C=O) groups is 1. The molecule has 1 fully saturated rings. The van der Waals surface area contributed by atoms with Crippen LogP contribution in [0.3, 0.4) is 0 Å². The molecule has 1 saturated heterocycles. The minimum atomic E-state index is -3.18. The van der Waals surface area contributed by atoms with Crippen LogP contribution in [0.4, 0.5) is 13.2 Å². The van der Waals surface area contributed by atoms with Crippen molar-refractivity contribution < 1.29 is 32.2 Å². The van der Waals surface area contributed by atoms with Crippen LogP contribution >= 0.6 is 0 Å². The van der Waals surface area contributed by atoms with E-state index in [1.807, 2.05) is 60.7 Å². The molecule has 0 saturated carbocycles. The van der Waals surface area contributed by atoms with Gasteiger partial charge in [0.05, 0.1) is 24.3 Å². The normalized spacial score (nSPS) is 19.4. The number of rotatable bonds is 7. The van der Waals surface area contributed by atoms with Gasteiger partial charge in [-0.05, 0) is 53.9 Å². The van der Waals surface area contributed by atoms with E-state index in [1.165, 1.54) is 4.90 Å². The molecule has 0 aliphatic carbocycles. The summed E-state index contributed by atoms with van der Waals surface area (Å²) in [4.78, 5) is 14.6. The van der Waals surface area contributed by atoms with Gasteiger partial charge in [0.1, 0.15) is 0 Å². The van der Waals surface area contributed by atoms with Gasteiger partial charge in [0.15, 0.2) is 17.5 Å². The van der Waals surface area contributed by atoms with E-state index in [-0.39, 0.29) is 12.1 Å². The van der Waals surface area contributed by atoms with Gasteiger partial charge in [-0.2, -0.15) is 0 Å². The number of hydrogen-bond donors (Lipinski definition) is 1. The molecule has 4 rings (SSSR count). The lowest BCUT2D eigenvalue weighted by Gasteiger charge is -2.49. The number of hydrogen-bond acceptors (Lipinski definition) is 4. The Balaban J connectivity index is 1.93. The number of amides is 1. The number of nitrogens with zero attached hydrogens (tertiary/aromatic N) is 1. The van der Waals surface area contributed by atoms with Crippen LogP contribution in [0.25, 0.3) is 0 Å². The molecule has 1 aliphatic rings. The number of benzene rings is 3. The molecule has 1 heterocycles. The predicted octanol–water partition coefficient (Wildman–Crippen LogP) is 5.07. The Hall–Kier alpha value is -2.98. The molecule has 0 spiro atoms. The summed E-state index contributed by atoms with van der Waals surface area (Å²) < 4.78 is 55.9. The third kappa shape index (κ3) is 5.61. The van der Waals surface area contributed by atoms with Gasteiger partial charge >= 0.3 is 0 Å². The van der Waals surface area contributed by atoms with Gasteiger partial charge in [0, 0.05) is 0 Å². The first-order valence-corrected chi connectivity index (χ1v) is 15.2. The molecule has 9 heteroatoms. The molecule has 3 aromatic carbocycles. The second-order valence-corrected chi connectivity index (χ2v) is 16.2. The zero-order valence-electron chi connectivity index (χ0n) is 23.6. The Kier molecular flexibility index (Phi) is 8.34. The molecule has 0 aromatic heterocycles. The van der Waals surface area contributed by atoms with Crippen LogP contribution in [0.1, 0.15) is 53.1 Å². The van der Waals surface area contributed by atoms with Gasteiger partial charge in [0.2, 0.25) is 6.29 Å². The highest BCUT2D eigenvalue weighted by molar-refractivity contribution is 6.99. The number of carbonyl (C=O) groups excluding carboxylic acids is 1. The van der Waals surface area contributed by atoms with Crippen molar-refractivity contribution in [1.82, 2.24) is 4.90 Å². The highest BCUT2D eigenvalue weighted by atomic mass is 28.4. The molecule has 40 heavy (non-hydrogen) atoms. The van der Waals surface area contributed by atoms with Crippen LogP contribution in [-0.2, 0) is 14.0 Å².